The van der Waals surface area contributed by atoms with Crippen molar-refractivity contribution in [1.29, 1.82) is 0 Å². The number of hydrogen-bond acceptors (Lipinski definition) is 4. The van der Waals surface area contributed by atoms with Crippen LogP contribution in [-0.4, -0.2) is 50.5 Å². The highest BCUT2D eigenvalue weighted by molar-refractivity contribution is 6.53. The number of nitrogens with zero attached hydrogens (tertiary/aromatic N) is 2. The molecule has 0 aliphatic rings. The lowest BCUT2D eigenvalue weighted by molar-refractivity contribution is -0.736. The molecule has 1 rings (SSSR count). The van der Waals surface area contributed by atoms with Crippen LogP contribution in [0.5, 0.6) is 5.75 Å². The van der Waals surface area contributed by atoms with Gasteiger partial charge in [-0.05, 0) is 24.6 Å². The molecule has 20 heavy (non-hydrogen) atoms. The molecule has 0 aliphatic carbocycles. The van der Waals surface area contributed by atoms with E-state index >= 15 is 0 Å². The molecule has 0 N–H and O–H groups in total. The van der Waals surface area contributed by atoms with E-state index < -0.39 is 0 Å². The summed E-state index contributed by atoms with van der Waals surface area (Å²) in [4.78, 5) is 18.9. The van der Waals surface area contributed by atoms with Crippen LogP contribution >= 0.6 is 0 Å². The fourth-order valence-electron chi connectivity index (χ4n) is 2.03. The molecule has 0 aromatic heterocycles. The van der Waals surface area contributed by atoms with Crippen molar-refractivity contribution in [2.24, 2.45) is 0 Å². The Kier molecular flexibility index (Phi) is 7.08. The molecule has 0 amide bonds. The van der Waals surface area contributed by atoms with Crippen LogP contribution in [0.2, 0.25) is 6.82 Å². The second-order valence-corrected chi connectivity index (χ2v) is 4.46. The number of hydrogen-bond donors (Lipinski definition) is 0. The fourth-order valence-corrected chi connectivity index (χ4v) is 2.03. The maximum atomic E-state index is 11.4. The summed E-state index contributed by atoms with van der Waals surface area (Å²) >= 11 is 0. The summed E-state index contributed by atoms with van der Waals surface area (Å²) < 4.78 is 5.83. The molecule has 0 fully saturated rings. The highest BCUT2D eigenvalue weighted by atomic mass is 16.8. The predicted octanol–water partition coefficient (Wildman–Crippen LogP) is 1.49. The molecule has 1 aromatic rings. The van der Waals surface area contributed by atoms with Gasteiger partial charge in [0.15, 0.2) is 14.4 Å². The summed E-state index contributed by atoms with van der Waals surface area (Å²) in [5.74, 6) is 0.841. The first-order valence-electron chi connectivity index (χ1n) is 7.15. The number of rotatable bonds is 9. The molecular formula is C14H24BN2O3+. The molecule has 0 spiro atoms. The third-order valence-electron chi connectivity index (χ3n) is 3.36. The van der Waals surface area contributed by atoms with Crippen LogP contribution in [0.15, 0.2) is 18.2 Å². The summed E-state index contributed by atoms with van der Waals surface area (Å²) in [6.07, 6.45) is 0. The van der Waals surface area contributed by atoms with Crippen LogP contribution in [0.4, 0.5) is 5.69 Å². The van der Waals surface area contributed by atoms with Crippen molar-refractivity contribution in [1.82, 2.24) is 4.90 Å². The van der Waals surface area contributed by atoms with Crippen molar-refractivity contribution < 1.29 is 14.5 Å². The Bertz CT molecular complexity index is 436. The van der Waals surface area contributed by atoms with E-state index in [-0.39, 0.29) is 0 Å². The van der Waals surface area contributed by atoms with Crippen LogP contribution < -0.4 is 10.2 Å². The van der Waals surface area contributed by atoms with Gasteiger partial charge in [0.1, 0.15) is 12.4 Å². The second kappa shape index (κ2) is 8.58. The lowest BCUT2D eigenvalue weighted by Gasteiger charge is -2.18. The van der Waals surface area contributed by atoms with Gasteiger partial charge in [0, 0.05) is 18.7 Å². The smallest absolute Gasteiger partial charge is 0.316 e. The third-order valence-corrected chi connectivity index (χ3v) is 3.36. The minimum absolute atomic E-state index is 0.487. The largest absolute Gasteiger partial charge is 0.493 e. The zero-order chi connectivity index (χ0) is 15.0. The first-order valence-corrected chi connectivity index (χ1v) is 7.15. The maximum absolute atomic E-state index is 11.4. The molecule has 0 atom stereocenters. The normalized spacial score (nSPS) is 10.4. The predicted molar refractivity (Wildman–Crippen MR) is 82.7 cm³/mol. The Balaban J connectivity index is 2.68. The third kappa shape index (κ3) is 4.52. The molecular weight excluding hydrogens is 255 g/mol. The van der Waals surface area contributed by atoms with Gasteiger partial charge in [-0.1, -0.05) is 20.7 Å². The molecule has 0 heterocycles. The van der Waals surface area contributed by atoms with E-state index in [2.05, 4.69) is 23.6 Å². The van der Waals surface area contributed by atoms with Crippen molar-refractivity contribution >= 4 is 18.4 Å². The zero-order valence-corrected chi connectivity index (χ0v) is 12.9. The first kappa shape index (κ1) is 16.5. The highest BCUT2D eigenvalue weighted by Crippen LogP contribution is 2.15. The van der Waals surface area contributed by atoms with E-state index in [1.165, 1.54) is 7.11 Å². The molecule has 1 aromatic carbocycles. The van der Waals surface area contributed by atoms with E-state index in [1.54, 1.807) is 6.07 Å². The van der Waals surface area contributed by atoms with Gasteiger partial charge in [0.25, 0.3) is 4.92 Å². The minimum Gasteiger partial charge on any atom is -0.493 e. The van der Waals surface area contributed by atoms with E-state index in [1.807, 2.05) is 19.0 Å². The molecule has 0 unspecified atom stereocenters. The number of benzene rings is 1. The summed E-state index contributed by atoms with van der Waals surface area (Å²) in [6.45, 7) is 9.94. The Morgan fingerprint density at radius 2 is 2.00 bits per heavy atom. The summed E-state index contributed by atoms with van der Waals surface area (Å²) in [5.41, 5.74) is 1.50. The molecule has 0 saturated heterocycles. The Morgan fingerprint density at radius 1 is 1.30 bits per heavy atom. The summed E-state index contributed by atoms with van der Waals surface area (Å²) in [6, 6.07) is 5.35. The monoisotopic (exact) mass is 279 g/mol. The number of likely N-dealkylation sites (N-methyl/N-ethyl adjacent to an activating group) is 1. The standard InChI is InChI=1S/C14H24BN2O3/c1-5-16(6-2)9-10-20-14-8-7-12(17(18)19-4)11-13(14)15-3/h7-8,11,15H,5-6,9-10H2,1-4H3/q+1. The molecule has 0 aliphatic heterocycles. The van der Waals surface area contributed by atoms with Gasteiger partial charge in [-0.25, -0.2) is 4.84 Å². The second-order valence-electron chi connectivity index (χ2n) is 4.46. The minimum atomic E-state index is 0.487. The van der Waals surface area contributed by atoms with Gasteiger partial charge in [-0.3, -0.25) is 0 Å². The van der Waals surface area contributed by atoms with Crippen molar-refractivity contribution in [3.8, 4) is 5.75 Å². The molecule has 0 radical (unpaired) electrons. The van der Waals surface area contributed by atoms with Crippen molar-refractivity contribution in [2.45, 2.75) is 20.7 Å². The molecule has 0 bridgehead atoms. The van der Waals surface area contributed by atoms with Crippen LogP contribution in [0.1, 0.15) is 13.8 Å². The molecule has 110 valence electrons. The highest BCUT2D eigenvalue weighted by Gasteiger charge is 2.16. The molecule has 5 nitrogen and oxygen atoms in total. The lowest BCUT2D eigenvalue weighted by atomic mass is 9.72. The Hall–Kier alpha value is -1.56. The van der Waals surface area contributed by atoms with Crippen molar-refractivity contribution in [3.05, 3.63) is 23.1 Å². The van der Waals surface area contributed by atoms with Gasteiger partial charge in [-0.15, -0.1) is 0 Å². The first-order chi connectivity index (χ1) is 9.65. The van der Waals surface area contributed by atoms with Gasteiger partial charge < -0.3 is 9.64 Å². The Morgan fingerprint density at radius 3 is 2.55 bits per heavy atom. The van der Waals surface area contributed by atoms with Crippen LogP contribution in [0, 0.1) is 4.91 Å². The topological polar surface area (TPSA) is 41.8 Å². The average molecular weight is 279 g/mol. The van der Waals surface area contributed by atoms with E-state index in [9.17, 15) is 4.91 Å². The van der Waals surface area contributed by atoms with Gasteiger partial charge in [0.05, 0.1) is 4.91 Å². The van der Waals surface area contributed by atoms with Crippen LogP contribution in [0.25, 0.3) is 0 Å². The SMILES string of the molecule is CBc1cc([N+](=O)OC)ccc1OCCN(CC)CC. The molecule has 6 heteroatoms. The van der Waals surface area contributed by atoms with E-state index in [0.717, 1.165) is 38.1 Å². The summed E-state index contributed by atoms with van der Waals surface area (Å²) in [7, 11) is 2.17. The fraction of sp³-hybridized carbons (Fsp3) is 0.571. The van der Waals surface area contributed by atoms with Gasteiger partial charge in [-0.2, -0.15) is 0 Å². The Labute approximate surface area is 121 Å². The van der Waals surface area contributed by atoms with Crippen molar-refractivity contribution in [3.63, 3.8) is 0 Å². The van der Waals surface area contributed by atoms with E-state index in [0.29, 0.717) is 17.2 Å². The van der Waals surface area contributed by atoms with Crippen LogP contribution in [-0.2, 0) is 4.84 Å². The molecule has 0 saturated carbocycles. The van der Waals surface area contributed by atoms with Gasteiger partial charge in [0.2, 0.25) is 0 Å². The maximum Gasteiger partial charge on any atom is 0.316 e. The lowest BCUT2D eigenvalue weighted by Crippen LogP contribution is -2.29. The van der Waals surface area contributed by atoms with Crippen LogP contribution in [0.3, 0.4) is 0 Å². The van der Waals surface area contributed by atoms with E-state index in [4.69, 9.17) is 4.74 Å². The average Bonchev–Trinajstić information content (AvgIpc) is 2.50. The number of ether oxygens (including phenoxy) is 1. The van der Waals surface area contributed by atoms with Gasteiger partial charge >= 0.3 is 5.69 Å². The summed E-state index contributed by atoms with van der Waals surface area (Å²) in [5, 5.41) is 0. The zero-order valence-electron chi connectivity index (χ0n) is 12.9. The quantitative estimate of drug-likeness (QED) is 0.507. The van der Waals surface area contributed by atoms with Crippen molar-refractivity contribution in [2.75, 3.05) is 33.4 Å².